The van der Waals surface area contributed by atoms with Gasteiger partial charge in [-0.2, -0.15) is 5.10 Å². The summed E-state index contributed by atoms with van der Waals surface area (Å²) in [7, 11) is 0. The number of rotatable bonds is 3. The number of nitrogens with zero attached hydrogens (tertiary/aromatic N) is 2. The molecule has 0 spiro atoms. The first-order valence-corrected chi connectivity index (χ1v) is 9.39. The van der Waals surface area contributed by atoms with Crippen LogP contribution >= 0.6 is 0 Å². The van der Waals surface area contributed by atoms with E-state index in [1.165, 1.54) is 0 Å². The normalized spacial score (nSPS) is 17.4. The molecule has 4 rings (SSSR count). The van der Waals surface area contributed by atoms with E-state index in [0.717, 1.165) is 21.7 Å². The third-order valence-electron chi connectivity index (χ3n) is 5.15. The van der Waals surface area contributed by atoms with Crippen molar-refractivity contribution in [3.05, 3.63) is 59.9 Å². The van der Waals surface area contributed by atoms with Gasteiger partial charge in [0.25, 0.3) is 0 Å². The quantitative estimate of drug-likeness (QED) is 0.367. The highest BCUT2D eigenvalue weighted by Crippen LogP contribution is 2.36. The monoisotopic (exact) mass is 373 g/mol. The Balaban J connectivity index is 1.75. The number of carbonyl (C=O) groups is 1. The van der Waals surface area contributed by atoms with Gasteiger partial charge in [-0.05, 0) is 23.8 Å². The standard InChI is InChI=1S/C23H23N3O2/c1-14(21-19(27)12-23(2,3)13-20(21)28)25-26-22-17-10-5-4-8-15(17)16-9-6-7-11-18(16)24-22/h4-11,27H,12-13H2,1-3H3,(H,24,26)/b25-14+. The number of ketones is 1. The van der Waals surface area contributed by atoms with Crippen molar-refractivity contribution in [2.75, 3.05) is 5.43 Å². The first kappa shape index (κ1) is 18.2. The molecule has 3 aromatic rings. The molecule has 2 N–H and O–H groups in total. The van der Waals surface area contributed by atoms with E-state index in [-0.39, 0.29) is 17.0 Å². The summed E-state index contributed by atoms with van der Waals surface area (Å²) in [6, 6.07) is 16.0. The van der Waals surface area contributed by atoms with Gasteiger partial charge in [0.1, 0.15) is 5.76 Å². The molecular formula is C23H23N3O2. The Morgan fingerprint density at radius 2 is 1.68 bits per heavy atom. The van der Waals surface area contributed by atoms with Crippen LogP contribution in [0.25, 0.3) is 21.7 Å². The van der Waals surface area contributed by atoms with Gasteiger partial charge in [0.2, 0.25) is 0 Å². The molecule has 0 fully saturated rings. The minimum atomic E-state index is -0.228. The molecule has 5 nitrogen and oxygen atoms in total. The lowest BCUT2D eigenvalue weighted by Gasteiger charge is -2.29. The zero-order valence-electron chi connectivity index (χ0n) is 16.3. The summed E-state index contributed by atoms with van der Waals surface area (Å²) in [6.07, 6.45) is 0.870. The van der Waals surface area contributed by atoms with Crippen LogP contribution in [-0.2, 0) is 4.79 Å². The number of fused-ring (bicyclic) bond motifs is 3. The Bertz CT molecular complexity index is 1160. The highest BCUT2D eigenvalue weighted by Gasteiger charge is 2.34. The molecule has 1 heterocycles. The van der Waals surface area contributed by atoms with Crippen LogP contribution in [0.4, 0.5) is 5.82 Å². The van der Waals surface area contributed by atoms with Crippen molar-refractivity contribution < 1.29 is 9.90 Å². The van der Waals surface area contributed by atoms with E-state index in [4.69, 9.17) is 4.98 Å². The van der Waals surface area contributed by atoms with E-state index in [9.17, 15) is 9.90 Å². The topological polar surface area (TPSA) is 74.6 Å². The van der Waals surface area contributed by atoms with Crippen LogP contribution in [0.2, 0.25) is 0 Å². The molecule has 2 aromatic carbocycles. The second kappa shape index (κ2) is 6.75. The Labute approximate surface area is 163 Å². The van der Waals surface area contributed by atoms with Crippen molar-refractivity contribution in [2.24, 2.45) is 10.5 Å². The van der Waals surface area contributed by atoms with Crippen molar-refractivity contribution >= 4 is 39.0 Å². The molecule has 0 aliphatic heterocycles. The second-order valence-electron chi connectivity index (χ2n) is 8.09. The average molecular weight is 373 g/mol. The molecule has 0 amide bonds. The van der Waals surface area contributed by atoms with E-state index in [2.05, 4.69) is 16.6 Å². The van der Waals surface area contributed by atoms with E-state index < -0.39 is 0 Å². The largest absolute Gasteiger partial charge is 0.511 e. The fourth-order valence-corrected chi connectivity index (χ4v) is 3.88. The van der Waals surface area contributed by atoms with Crippen molar-refractivity contribution in [1.82, 2.24) is 4.98 Å². The molecule has 28 heavy (non-hydrogen) atoms. The minimum absolute atomic E-state index is 0.0758. The average Bonchev–Trinajstić information content (AvgIpc) is 2.64. The number of hydrogen-bond acceptors (Lipinski definition) is 5. The molecule has 142 valence electrons. The predicted molar refractivity (Wildman–Crippen MR) is 114 cm³/mol. The number of nitrogens with one attached hydrogen (secondary N) is 1. The lowest BCUT2D eigenvalue weighted by molar-refractivity contribution is -0.117. The molecule has 1 aromatic heterocycles. The van der Waals surface area contributed by atoms with Gasteiger partial charge in [-0.25, -0.2) is 4.98 Å². The number of hydrazone groups is 1. The summed E-state index contributed by atoms with van der Waals surface area (Å²) < 4.78 is 0. The van der Waals surface area contributed by atoms with Crippen molar-refractivity contribution in [2.45, 2.75) is 33.6 Å². The van der Waals surface area contributed by atoms with Gasteiger partial charge in [-0.15, -0.1) is 0 Å². The van der Waals surface area contributed by atoms with Crippen LogP contribution in [0.5, 0.6) is 0 Å². The molecule has 1 aliphatic carbocycles. The van der Waals surface area contributed by atoms with Crippen LogP contribution < -0.4 is 5.43 Å². The number of aliphatic hydroxyl groups excluding tert-OH is 1. The summed E-state index contributed by atoms with van der Waals surface area (Å²) in [6.45, 7) is 5.69. The maximum absolute atomic E-state index is 12.5. The van der Waals surface area contributed by atoms with Crippen LogP contribution in [0.1, 0.15) is 33.6 Å². The molecule has 1 aliphatic rings. The molecule has 0 saturated heterocycles. The number of aromatic nitrogens is 1. The van der Waals surface area contributed by atoms with Gasteiger partial charge in [-0.3, -0.25) is 10.2 Å². The van der Waals surface area contributed by atoms with Crippen LogP contribution in [-0.4, -0.2) is 21.6 Å². The summed E-state index contributed by atoms with van der Waals surface area (Å²) in [5.74, 6) is 0.658. The van der Waals surface area contributed by atoms with Gasteiger partial charge in [0.05, 0.1) is 16.8 Å². The SMILES string of the molecule is C/C(=N\Nc1nc2ccccc2c2ccccc12)C1=C(O)CC(C)(C)CC1=O. The predicted octanol–water partition coefficient (Wildman–Crippen LogP) is 5.38. The van der Waals surface area contributed by atoms with Crippen LogP contribution in [0, 0.1) is 5.41 Å². The lowest BCUT2D eigenvalue weighted by atomic mass is 9.76. The molecule has 0 unspecified atom stereocenters. The summed E-state index contributed by atoms with van der Waals surface area (Å²) in [5.41, 5.74) is 4.45. The molecule has 0 atom stereocenters. The van der Waals surface area contributed by atoms with Crippen LogP contribution in [0.15, 0.2) is 65.0 Å². The third-order valence-corrected chi connectivity index (χ3v) is 5.15. The zero-order chi connectivity index (χ0) is 19.9. The Kier molecular flexibility index (Phi) is 4.38. The Morgan fingerprint density at radius 1 is 1.04 bits per heavy atom. The molecular weight excluding hydrogens is 350 g/mol. The maximum atomic E-state index is 12.5. The summed E-state index contributed by atoms with van der Waals surface area (Å²) >= 11 is 0. The number of pyridine rings is 1. The van der Waals surface area contributed by atoms with Gasteiger partial charge < -0.3 is 5.11 Å². The highest BCUT2D eigenvalue weighted by molar-refractivity contribution is 6.22. The van der Waals surface area contributed by atoms with Gasteiger partial charge in [-0.1, -0.05) is 56.3 Å². The van der Waals surface area contributed by atoms with Crippen molar-refractivity contribution in [3.63, 3.8) is 0 Å². The van der Waals surface area contributed by atoms with Crippen LogP contribution in [0.3, 0.4) is 0 Å². The van der Waals surface area contributed by atoms with E-state index in [1.54, 1.807) is 6.92 Å². The number of allylic oxidation sites excluding steroid dienone is 2. The fourth-order valence-electron chi connectivity index (χ4n) is 3.88. The smallest absolute Gasteiger partial charge is 0.168 e. The number of aliphatic hydroxyl groups is 1. The number of para-hydroxylation sites is 1. The Hall–Kier alpha value is -3.21. The lowest BCUT2D eigenvalue weighted by Crippen LogP contribution is -2.28. The fraction of sp³-hybridized carbons (Fsp3) is 0.261. The third kappa shape index (κ3) is 3.24. The number of hydrogen-bond donors (Lipinski definition) is 2. The molecule has 5 heteroatoms. The number of carbonyl (C=O) groups excluding carboxylic acids is 1. The van der Waals surface area contributed by atoms with Gasteiger partial charge >= 0.3 is 0 Å². The van der Waals surface area contributed by atoms with E-state index in [0.29, 0.717) is 29.9 Å². The zero-order valence-corrected chi connectivity index (χ0v) is 16.3. The van der Waals surface area contributed by atoms with E-state index in [1.807, 2.05) is 56.3 Å². The van der Waals surface area contributed by atoms with Gasteiger partial charge in [0.15, 0.2) is 11.6 Å². The molecule has 0 bridgehead atoms. The van der Waals surface area contributed by atoms with Crippen molar-refractivity contribution in [1.29, 1.82) is 0 Å². The number of Topliss-reactive ketones (excluding diaryl/α,β-unsaturated/α-hetero) is 1. The number of anilines is 1. The molecule has 0 radical (unpaired) electrons. The Morgan fingerprint density at radius 3 is 2.39 bits per heavy atom. The maximum Gasteiger partial charge on any atom is 0.168 e. The van der Waals surface area contributed by atoms with Crippen molar-refractivity contribution in [3.8, 4) is 0 Å². The number of benzene rings is 2. The summed E-state index contributed by atoms with van der Waals surface area (Å²) in [5, 5.41) is 17.9. The minimum Gasteiger partial charge on any atom is -0.511 e. The van der Waals surface area contributed by atoms with E-state index >= 15 is 0 Å². The van der Waals surface area contributed by atoms with Gasteiger partial charge in [0, 0.05) is 23.6 Å². The molecule has 0 saturated carbocycles. The second-order valence-corrected chi connectivity index (χ2v) is 8.09. The first-order chi connectivity index (χ1) is 13.4. The first-order valence-electron chi connectivity index (χ1n) is 9.39. The summed E-state index contributed by atoms with van der Waals surface area (Å²) in [4.78, 5) is 17.2. The highest BCUT2D eigenvalue weighted by atomic mass is 16.3.